The summed E-state index contributed by atoms with van der Waals surface area (Å²) < 4.78 is 25.1. The quantitative estimate of drug-likeness (QED) is 0.712. The molecular weight excluding hydrogens is 256 g/mol. The molecule has 0 heterocycles. The number of carbonyl (C=O) groups excluding carboxylic acids is 1. The number of alkyl halides is 2. The number of carboxylic acid groups (broad SMARTS) is 1. The van der Waals surface area contributed by atoms with E-state index in [9.17, 15) is 18.4 Å². The van der Waals surface area contributed by atoms with Gasteiger partial charge < -0.3 is 10.4 Å². The van der Waals surface area contributed by atoms with Crippen molar-refractivity contribution in [3.63, 3.8) is 0 Å². The zero-order valence-electron chi connectivity index (χ0n) is 10.2. The van der Waals surface area contributed by atoms with E-state index in [0.29, 0.717) is 18.4 Å². The fourth-order valence-corrected chi connectivity index (χ4v) is 1.78. The Hall–Kier alpha value is -1.98. The molecule has 6 heteroatoms. The van der Waals surface area contributed by atoms with Crippen molar-refractivity contribution in [2.45, 2.75) is 31.7 Å². The Bertz CT molecular complexity index is 438. The second-order valence-corrected chi connectivity index (χ2v) is 4.16. The molecule has 1 rings (SSSR count). The lowest BCUT2D eigenvalue weighted by molar-refractivity contribution is -0.137. The molecule has 0 fully saturated rings. The summed E-state index contributed by atoms with van der Waals surface area (Å²) in [6, 6.07) is 5.51. The van der Waals surface area contributed by atoms with E-state index in [2.05, 4.69) is 5.32 Å². The average Bonchev–Trinajstić information content (AvgIpc) is 2.36. The van der Waals surface area contributed by atoms with Crippen LogP contribution >= 0.6 is 0 Å². The molecule has 0 spiro atoms. The van der Waals surface area contributed by atoms with Gasteiger partial charge in [0.2, 0.25) is 6.41 Å². The van der Waals surface area contributed by atoms with Gasteiger partial charge in [-0.2, -0.15) is 0 Å². The first-order valence-electron chi connectivity index (χ1n) is 5.81. The molecule has 0 aromatic heterocycles. The highest BCUT2D eigenvalue weighted by Crippen LogP contribution is 2.20. The van der Waals surface area contributed by atoms with Crippen LogP contribution in [-0.4, -0.2) is 23.5 Å². The second-order valence-electron chi connectivity index (χ2n) is 4.16. The summed E-state index contributed by atoms with van der Waals surface area (Å²) in [6.07, 6.45) is -1.56. The molecule has 1 atom stereocenters. The Labute approximate surface area is 109 Å². The molecule has 0 saturated carbocycles. The summed E-state index contributed by atoms with van der Waals surface area (Å²) in [5, 5.41) is 11.1. The van der Waals surface area contributed by atoms with Gasteiger partial charge in [0.1, 0.15) is 0 Å². The number of aliphatic carboxylic acids is 1. The van der Waals surface area contributed by atoms with Gasteiger partial charge in [-0.15, -0.1) is 0 Å². The minimum atomic E-state index is -2.54. The Morgan fingerprint density at radius 3 is 2.74 bits per heavy atom. The fraction of sp³-hybridized carbons (Fsp3) is 0.385. The zero-order valence-corrected chi connectivity index (χ0v) is 10.2. The molecule has 0 radical (unpaired) electrons. The molecule has 1 amide bonds. The molecule has 2 N–H and O–H groups in total. The molecule has 0 aliphatic carbocycles. The zero-order chi connectivity index (χ0) is 14.3. The monoisotopic (exact) mass is 271 g/mol. The van der Waals surface area contributed by atoms with Crippen LogP contribution in [0.15, 0.2) is 24.3 Å². The predicted molar refractivity (Wildman–Crippen MR) is 65.0 cm³/mol. The van der Waals surface area contributed by atoms with Gasteiger partial charge >= 0.3 is 5.97 Å². The van der Waals surface area contributed by atoms with Gasteiger partial charge in [0.15, 0.2) is 0 Å². The summed E-state index contributed by atoms with van der Waals surface area (Å²) in [6.45, 7) is 0. The van der Waals surface area contributed by atoms with Gasteiger partial charge in [0.05, 0.1) is 0 Å². The first kappa shape index (κ1) is 15.1. The van der Waals surface area contributed by atoms with E-state index in [1.807, 2.05) is 0 Å². The molecule has 0 saturated heterocycles. The molecule has 0 aliphatic rings. The first-order valence-corrected chi connectivity index (χ1v) is 5.81. The summed E-state index contributed by atoms with van der Waals surface area (Å²) in [5.41, 5.74) is 0.558. The van der Waals surface area contributed by atoms with E-state index in [0.717, 1.165) is 0 Å². The Morgan fingerprint density at radius 2 is 2.16 bits per heavy atom. The molecule has 4 nitrogen and oxygen atoms in total. The van der Waals surface area contributed by atoms with Crippen LogP contribution in [0.2, 0.25) is 0 Å². The van der Waals surface area contributed by atoms with E-state index in [-0.39, 0.29) is 24.4 Å². The lowest BCUT2D eigenvalue weighted by Gasteiger charge is -2.15. The van der Waals surface area contributed by atoms with Crippen LogP contribution < -0.4 is 5.32 Å². The molecule has 0 aliphatic heterocycles. The fourth-order valence-electron chi connectivity index (χ4n) is 1.78. The van der Waals surface area contributed by atoms with Crippen molar-refractivity contribution >= 4 is 12.4 Å². The Balaban J connectivity index is 2.69. The molecular formula is C13H15F2NO3. The van der Waals surface area contributed by atoms with Gasteiger partial charge in [-0.05, 0) is 18.4 Å². The van der Waals surface area contributed by atoms with Gasteiger partial charge in [0.25, 0.3) is 6.43 Å². The number of hydrogen-bond acceptors (Lipinski definition) is 2. The summed E-state index contributed by atoms with van der Waals surface area (Å²) >= 11 is 0. The normalized spacial score (nSPS) is 12.2. The third-order valence-corrected chi connectivity index (χ3v) is 2.70. The third-order valence-electron chi connectivity index (χ3n) is 2.70. The summed E-state index contributed by atoms with van der Waals surface area (Å²) in [5.74, 6) is -0.959. The standard InChI is InChI=1S/C13H15F2NO3/c14-13(15)10-3-1-2-9(6-10)7-11(16-8-17)4-5-12(18)19/h1-3,6,8,11,13H,4-5,7H2,(H,16,17)(H,18,19). The maximum absolute atomic E-state index is 12.5. The van der Waals surface area contributed by atoms with Crippen molar-refractivity contribution in [1.29, 1.82) is 0 Å². The molecule has 0 bridgehead atoms. The largest absolute Gasteiger partial charge is 0.481 e. The third kappa shape index (κ3) is 5.46. The number of nitrogens with one attached hydrogen (secondary N) is 1. The van der Waals surface area contributed by atoms with Gasteiger partial charge in [-0.3, -0.25) is 9.59 Å². The van der Waals surface area contributed by atoms with Crippen LogP contribution in [0.5, 0.6) is 0 Å². The molecule has 1 unspecified atom stereocenters. The average molecular weight is 271 g/mol. The number of hydrogen-bond donors (Lipinski definition) is 2. The van der Waals surface area contributed by atoms with Gasteiger partial charge in [-0.25, -0.2) is 8.78 Å². The van der Waals surface area contributed by atoms with Crippen LogP contribution in [-0.2, 0) is 16.0 Å². The van der Waals surface area contributed by atoms with Crippen molar-refractivity contribution in [1.82, 2.24) is 5.32 Å². The predicted octanol–water partition coefficient (Wildman–Crippen LogP) is 2.15. The SMILES string of the molecule is O=CNC(CCC(=O)O)Cc1cccc(C(F)F)c1. The minimum absolute atomic E-state index is 0.0828. The van der Waals surface area contributed by atoms with Crippen LogP contribution in [0, 0.1) is 0 Å². The number of carbonyl (C=O) groups is 2. The summed E-state index contributed by atoms with van der Waals surface area (Å²) in [7, 11) is 0. The number of carboxylic acids is 1. The van der Waals surface area contributed by atoms with Crippen LogP contribution in [0.1, 0.15) is 30.4 Å². The van der Waals surface area contributed by atoms with E-state index < -0.39 is 12.4 Å². The van der Waals surface area contributed by atoms with Crippen LogP contribution in [0.25, 0.3) is 0 Å². The Kier molecular flexibility index (Phi) is 5.92. The molecule has 104 valence electrons. The van der Waals surface area contributed by atoms with Crippen molar-refractivity contribution in [3.8, 4) is 0 Å². The topological polar surface area (TPSA) is 66.4 Å². The number of benzene rings is 1. The van der Waals surface area contributed by atoms with Crippen molar-refractivity contribution in [2.75, 3.05) is 0 Å². The first-order chi connectivity index (χ1) is 9.02. The minimum Gasteiger partial charge on any atom is -0.481 e. The Morgan fingerprint density at radius 1 is 1.42 bits per heavy atom. The summed E-state index contributed by atoms with van der Waals surface area (Å²) in [4.78, 5) is 20.9. The number of amides is 1. The van der Waals surface area contributed by atoms with Crippen LogP contribution in [0.4, 0.5) is 8.78 Å². The molecule has 1 aromatic rings. The van der Waals surface area contributed by atoms with E-state index in [1.54, 1.807) is 6.07 Å². The van der Waals surface area contributed by atoms with E-state index in [1.165, 1.54) is 18.2 Å². The molecule has 1 aromatic carbocycles. The van der Waals surface area contributed by atoms with E-state index >= 15 is 0 Å². The van der Waals surface area contributed by atoms with Crippen molar-refractivity contribution in [3.05, 3.63) is 35.4 Å². The van der Waals surface area contributed by atoms with Gasteiger partial charge in [0, 0.05) is 18.0 Å². The van der Waals surface area contributed by atoms with Gasteiger partial charge in [-0.1, -0.05) is 24.3 Å². The smallest absolute Gasteiger partial charge is 0.303 e. The lowest BCUT2D eigenvalue weighted by atomic mass is 10.0. The van der Waals surface area contributed by atoms with E-state index in [4.69, 9.17) is 5.11 Å². The second kappa shape index (κ2) is 7.45. The maximum atomic E-state index is 12.5. The highest BCUT2D eigenvalue weighted by Gasteiger charge is 2.13. The van der Waals surface area contributed by atoms with Crippen molar-refractivity contribution < 1.29 is 23.5 Å². The van der Waals surface area contributed by atoms with Crippen LogP contribution in [0.3, 0.4) is 0 Å². The highest BCUT2D eigenvalue weighted by molar-refractivity contribution is 5.66. The number of halogens is 2. The lowest BCUT2D eigenvalue weighted by Crippen LogP contribution is -2.30. The highest BCUT2D eigenvalue weighted by atomic mass is 19.3. The maximum Gasteiger partial charge on any atom is 0.303 e. The number of rotatable bonds is 8. The van der Waals surface area contributed by atoms with Crippen molar-refractivity contribution in [2.24, 2.45) is 0 Å². The molecule has 19 heavy (non-hydrogen) atoms.